The van der Waals surface area contributed by atoms with Gasteiger partial charge in [0, 0.05) is 31.3 Å². The minimum atomic E-state index is 0.0158. The number of hydrogen-bond acceptors (Lipinski definition) is 4. The standard InChI is InChI=1S/C15H22N4O/c20-15(9-11-3-1-2-4-11)17-14-10-13(18-19-14)12-5-7-16-8-6-12/h5-8,11,13-14,18-19H,1-4,9-10H2,(H,17,20). The predicted molar refractivity (Wildman–Crippen MR) is 76.4 cm³/mol. The highest BCUT2D eigenvalue weighted by molar-refractivity contribution is 5.76. The fourth-order valence-electron chi connectivity index (χ4n) is 3.19. The monoisotopic (exact) mass is 274 g/mol. The molecule has 1 aromatic rings. The van der Waals surface area contributed by atoms with Crippen molar-refractivity contribution in [3.8, 4) is 0 Å². The maximum absolute atomic E-state index is 12.0. The summed E-state index contributed by atoms with van der Waals surface area (Å²) in [6, 6.07) is 4.24. The molecule has 2 heterocycles. The number of carbonyl (C=O) groups is 1. The highest BCUT2D eigenvalue weighted by atomic mass is 16.1. The van der Waals surface area contributed by atoms with Crippen LogP contribution in [-0.2, 0) is 4.79 Å². The topological polar surface area (TPSA) is 66.0 Å². The Morgan fingerprint density at radius 1 is 1.25 bits per heavy atom. The van der Waals surface area contributed by atoms with E-state index in [0.29, 0.717) is 12.3 Å². The SMILES string of the molecule is O=C(CC1CCCC1)NC1CC(c2ccncc2)NN1. The van der Waals surface area contributed by atoms with Crippen LogP contribution < -0.4 is 16.2 Å². The molecular weight excluding hydrogens is 252 g/mol. The van der Waals surface area contributed by atoms with E-state index >= 15 is 0 Å². The zero-order valence-corrected chi connectivity index (χ0v) is 11.6. The molecule has 3 N–H and O–H groups in total. The quantitative estimate of drug-likeness (QED) is 0.781. The summed E-state index contributed by atoms with van der Waals surface area (Å²) in [4.78, 5) is 16.0. The summed E-state index contributed by atoms with van der Waals surface area (Å²) in [5.74, 6) is 0.770. The summed E-state index contributed by atoms with van der Waals surface area (Å²) in [6.45, 7) is 0. The van der Waals surface area contributed by atoms with Gasteiger partial charge in [-0.1, -0.05) is 12.8 Å². The van der Waals surface area contributed by atoms with Crippen LogP contribution in [0.2, 0.25) is 0 Å². The molecule has 1 saturated heterocycles. The molecule has 0 radical (unpaired) electrons. The third kappa shape index (κ3) is 3.35. The Kier molecular flexibility index (Phi) is 4.28. The molecule has 1 aliphatic heterocycles. The number of rotatable bonds is 4. The molecule has 3 rings (SSSR count). The third-order valence-electron chi connectivity index (χ3n) is 4.30. The van der Waals surface area contributed by atoms with E-state index < -0.39 is 0 Å². The Labute approximate surface area is 119 Å². The molecule has 1 aromatic heterocycles. The molecule has 1 amide bonds. The van der Waals surface area contributed by atoms with Crippen molar-refractivity contribution in [3.63, 3.8) is 0 Å². The van der Waals surface area contributed by atoms with Gasteiger partial charge >= 0.3 is 0 Å². The summed E-state index contributed by atoms with van der Waals surface area (Å²) in [6.07, 6.45) is 10.1. The van der Waals surface area contributed by atoms with Gasteiger partial charge in [-0.05, 0) is 36.5 Å². The molecule has 0 spiro atoms. The van der Waals surface area contributed by atoms with Gasteiger partial charge in [0.25, 0.3) is 0 Å². The van der Waals surface area contributed by atoms with E-state index in [9.17, 15) is 4.79 Å². The van der Waals surface area contributed by atoms with E-state index in [0.717, 1.165) is 6.42 Å². The Morgan fingerprint density at radius 3 is 2.75 bits per heavy atom. The van der Waals surface area contributed by atoms with Crippen LogP contribution in [-0.4, -0.2) is 17.1 Å². The van der Waals surface area contributed by atoms with Crippen molar-refractivity contribution in [2.24, 2.45) is 5.92 Å². The fraction of sp³-hybridized carbons (Fsp3) is 0.600. The molecule has 1 saturated carbocycles. The van der Waals surface area contributed by atoms with Crippen LogP contribution in [0.4, 0.5) is 0 Å². The average molecular weight is 274 g/mol. The first-order valence-electron chi connectivity index (χ1n) is 7.51. The maximum atomic E-state index is 12.0. The normalized spacial score (nSPS) is 26.8. The predicted octanol–water partition coefficient (Wildman–Crippen LogP) is 1.64. The highest BCUT2D eigenvalue weighted by Crippen LogP contribution is 2.27. The Balaban J connectivity index is 1.46. The van der Waals surface area contributed by atoms with Crippen LogP contribution >= 0.6 is 0 Å². The molecule has 108 valence electrons. The van der Waals surface area contributed by atoms with E-state index in [1.807, 2.05) is 12.1 Å². The lowest BCUT2D eigenvalue weighted by molar-refractivity contribution is -0.122. The molecule has 0 aromatic carbocycles. The number of hydrazine groups is 1. The van der Waals surface area contributed by atoms with Gasteiger partial charge in [0.15, 0.2) is 0 Å². The number of nitrogens with zero attached hydrogens (tertiary/aromatic N) is 1. The van der Waals surface area contributed by atoms with Crippen LogP contribution in [0.3, 0.4) is 0 Å². The summed E-state index contributed by atoms with van der Waals surface area (Å²) in [7, 11) is 0. The molecule has 20 heavy (non-hydrogen) atoms. The smallest absolute Gasteiger partial charge is 0.221 e. The molecule has 2 aliphatic rings. The number of nitrogens with one attached hydrogen (secondary N) is 3. The zero-order chi connectivity index (χ0) is 13.8. The first-order valence-corrected chi connectivity index (χ1v) is 7.51. The maximum Gasteiger partial charge on any atom is 0.221 e. The summed E-state index contributed by atoms with van der Waals surface area (Å²) in [5.41, 5.74) is 7.58. The third-order valence-corrected chi connectivity index (χ3v) is 4.30. The van der Waals surface area contributed by atoms with Gasteiger partial charge < -0.3 is 5.32 Å². The first-order chi connectivity index (χ1) is 9.81. The second-order valence-electron chi connectivity index (χ2n) is 5.83. The van der Waals surface area contributed by atoms with Gasteiger partial charge in [-0.15, -0.1) is 0 Å². The van der Waals surface area contributed by atoms with Gasteiger partial charge in [-0.2, -0.15) is 0 Å². The minimum Gasteiger partial charge on any atom is -0.339 e. The second-order valence-corrected chi connectivity index (χ2v) is 5.83. The van der Waals surface area contributed by atoms with E-state index in [-0.39, 0.29) is 18.1 Å². The van der Waals surface area contributed by atoms with E-state index in [4.69, 9.17) is 0 Å². The van der Waals surface area contributed by atoms with Crippen LogP contribution in [0.15, 0.2) is 24.5 Å². The van der Waals surface area contributed by atoms with Crippen molar-refractivity contribution in [1.29, 1.82) is 0 Å². The van der Waals surface area contributed by atoms with Crippen LogP contribution in [0.1, 0.15) is 50.1 Å². The Bertz CT molecular complexity index is 444. The Hall–Kier alpha value is -1.46. The molecule has 1 aliphatic carbocycles. The summed E-state index contributed by atoms with van der Waals surface area (Å²) in [5, 5.41) is 3.08. The number of hydrogen-bond donors (Lipinski definition) is 3. The summed E-state index contributed by atoms with van der Waals surface area (Å²) < 4.78 is 0. The van der Waals surface area contributed by atoms with Crippen molar-refractivity contribution in [2.45, 2.75) is 50.7 Å². The van der Waals surface area contributed by atoms with Crippen molar-refractivity contribution >= 4 is 5.91 Å². The lowest BCUT2D eigenvalue weighted by Crippen LogP contribution is -2.44. The lowest BCUT2D eigenvalue weighted by atomic mass is 10.0. The van der Waals surface area contributed by atoms with Gasteiger partial charge in [0.05, 0.1) is 6.17 Å². The van der Waals surface area contributed by atoms with Crippen molar-refractivity contribution in [3.05, 3.63) is 30.1 Å². The molecule has 2 fully saturated rings. The average Bonchev–Trinajstić information content (AvgIpc) is 3.11. The van der Waals surface area contributed by atoms with Crippen LogP contribution in [0.25, 0.3) is 0 Å². The molecular formula is C15H22N4O. The van der Waals surface area contributed by atoms with Crippen LogP contribution in [0, 0.1) is 5.92 Å². The minimum absolute atomic E-state index is 0.0158. The molecule has 2 atom stereocenters. The van der Waals surface area contributed by atoms with E-state index in [1.54, 1.807) is 12.4 Å². The lowest BCUT2D eigenvalue weighted by Gasteiger charge is -2.14. The van der Waals surface area contributed by atoms with Crippen molar-refractivity contribution in [1.82, 2.24) is 21.2 Å². The first kappa shape index (κ1) is 13.5. The van der Waals surface area contributed by atoms with Crippen molar-refractivity contribution < 1.29 is 4.79 Å². The van der Waals surface area contributed by atoms with E-state index in [2.05, 4.69) is 21.2 Å². The van der Waals surface area contributed by atoms with Gasteiger partial charge in [-0.25, -0.2) is 10.9 Å². The van der Waals surface area contributed by atoms with Gasteiger partial charge in [0.1, 0.15) is 0 Å². The molecule has 5 heteroatoms. The number of carbonyl (C=O) groups excluding carboxylic acids is 1. The van der Waals surface area contributed by atoms with Crippen LogP contribution in [0.5, 0.6) is 0 Å². The Morgan fingerprint density at radius 2 is 2.00 bits per heavy atom. The number of amides is 1. The second kappa shape index (κ2) is 6.33. The van der Waals surface area contributed by atoms with E-state index in [1.165, 1.54) is 31.2 Å². The number of aromatic nitrogens is 1. The molecule has 0 bridgehead atoms. The highest BCUT2D eigenvalue weighted by Gasteiger charge is 2.27. The summed E-state index contributed by atoms with van der Waals surface area (Å²) >= 11 is 0. The van der Waals surface area contributed by atoms with Gasteiger partial charge in [-0.3, -0.25) is 9.78 Å². The number of pyridine rings is 1. The molecule has 5 nitrogen and oxygen atoms in total. The molecule has 2 unspecified atom stereocenters. The zero-order valence-electron chi connectivity index (χ0n) is 11.6. The largest absolute Gasteiger partial charge is 0.339 e. The van der Waals surface area contributed by atoms with Gasteiger partial charge in [0.2, 0.25) is 5.91 Å². The van der Waals surface area contributed by atoms with Crippen molar-refractivity contribution in [2.75, 3.05) is 0 Å². The fourth-order valence-corrected chi connectivity index (χ4v) is 3.19.